The van der Waals surface area contributed by atoms with E-state index in [1.54, 1.807) is 0 Å². The fourth-order valence-corrected chi connectivity index (χ4v) is 2.89. The molecule has 0 aliphatic heterocycles. The molecule has 0 aromatic rings. The lowest BCUT2D eigenvalue weighted by Crippen LogP contribution is -2.40. The Labute approximate surface area is 101 Å². The van der Waals surface area contributed by atoms with E-state index in [0.29, 0.717) is 5.92 Å². The van der Waals surface area contributed by atoms with Crippen molar-refractivity contribution in [3.63, 3.8) is 0 Å². The van der Waals surface area contributed by atoms with Gasteiger partial charge in [0.2, 0.25) is 0 Å². The Bertz CT molecular complexity index is 197. The van der Waals surface area contributed by atoms with Crippen LogP contribution in [0.2, 0.25) is 0 Å². The second-order valence-electron chi connectivity index (χ2n) is 6.42. The molecule has 96 valence electrons. The molecule has 1 rings (SSSR count). The Morgan fingerprint density at radius 1 is 1.31 bits per heavy atom. The zero-order chi connectivity index (χ0) is 12.2. The number of methoxy groups -OCH3 is 1. The van der Waals surface area contributed by atoms with Crippen molar-refractivity contribution in [2.24, 2.45) is 17.8 Å². The molecule has 0 heterocycles. The van der Waals surface area contributed by atoms with Crippen LogP contribution >= 0.6 is 0 Å². The summed E-state index contributed by atoms with van der Waals surface area (Å²) in [4.78, 5) is 0. The van der Waals surface area contributed by atoms with Crippen molar-refractivity contribution < 1.29 is 4.74 Å². The lowest BCUT2D eigenvalue weighted by atomic mass is 9.85. The number of nitrogens with one attached hydrogen (secondary N) is 1. The van der Waals surface area contributed by atoms with Gasteiger partial charge in [0.05, 0.1) is 0 Å². The maximum atomic E-state index is 5.29. The predicted octanol–water partition coefficient (Wildman–Crippen LogP) is 3.07. The average molecular weight is 227 g/mol. The van der Waals surface area contributed by atoms with Gasteiger partial charge in [0.1, 0.15) is 0 Å². The van der Waals surface area contributed by atoms with Crippen LogP contribution in [0.1, 0.15) is 47.0 Å². The second-order valence-corrected chi connectivity index (χ2v) is 6.42. The van der Waals surface area contributed by atoms with E-state index in [1.807, 2.05) is 7.11 Å². The topological polar surface area (TPSA) is 21.3 Å². The van der Waals surface area contributed by atoms with Gasteiger partial charge in [0.15, 0.2) is 0 Å². The van der Waals surface area contributed by atoms with E-state index < -0.39 is 0 Å². The van der Waals surface area contributed by atoms with Crippen LogP contribution in [0.3, 0.4) is 0 Å². The van der Waals surface area contributed by atoms with Crippen LogP contribution in [-0.2, 0) is 4.74 Å². The van der Waals surface area contributed by atoms with Crippen molar-refractivity contribution in [1.82, 2.24) is 5.32 Å². The van der Waals surface area contributed by atoms with Gasteiger partial charge in [-0.25, -0.2) is 0 Å². The van der Waals surface area contributed by atoms with E-state index in [4.69, 9.17) is 4.74 Å². The molecule has 1 saturated carbocycles. The van der Waals surface area contributed by atoms with Crippen molar-refractivity contribution >= 4 is 0 Å². The molecular formula is C14H29NO. The molecule has 0 aromatic carbocycles. The summed E-state index contributed by atoms with van der Waals surface area (Å²) in [5, 5.41) is 3.65. The fraction of sp³-hybridized carbons (Fsp3) is 1.00. The van der Waals surface area contributed by atoms with E-state index >= 15 is 0 Å². The van der Waals surface area contributed by atoms with Crippen molar-refractivity contribution in [2.45, 2.75) is 52.5 Å². The molecule has 3 unspecified atom stereocenters. The van der Waals surface area contributed by atoms with Crippen molar-refractivity contribution in [2.75, 3.05) is 20.3 Å². The Morgan fingerprint density at radius 2 is 2.00 bits per heavy atom. The lowest BCUT2D eigenvalue weighted by Gasteiger charge is -2.29. The molecule has 0 spiro atoms. The summed E-state index contributed by atoms with van der Waals surface area (Å²) in [5.74, 6) is 2.42. The number of ether oxygens (including phenoxy) is 1. The summed E-state index contributed by atoms with van der Waals surface area (Å²) in [6.07, 6.45) is 4.18. The van der Waals surface area contributed by atoms with Gasteiger partial charge in [0, 0.05) is 19.3 Å². The van der Waals surface area contributed by atoms with Gasteiger partial charge in [-0.1, -0.05) is 13.3 Å². The molecule has 1 aliphatic carbocycles. The molecule has 0 bridgehead atoms. The highest BCUT2D eigenvalue weighted by atomic mass is 16.5. The van der Waals surface area contributed by atoms with E-state index in [-0.39, 0.29) is 5.54 Å². The molecule has 2 heteroatoms. The lowest BCUT2D eigenvalue weighted by molar-refractivity contribution is 0.113. The van der Waals surface area contributed by atoms with Crippen LogP contribution in [0.4, 0.5) is 0 Å². The van der Waals surface area contributed by atoms with Gasteiger partial charge in [-0.2, -0.15) is 0 Å². The number of rotatable bonds is 5. The van der Waals surface area contributed by atoms with Gasteiger partial charge < -0.3 is 10.1 Å². The highest BCUT2D eigenvalue weighted by Crippen LogP contribution is 2.36. The minimum absolute atomic E-state index is 0.248. The molecule has 16 heavy (non-hydrogen) atoms. The Kier molecular flexibility index (Phi) is 5.26. The second kappa shape index (κ2) is 6.02. The maximum absolute atomic E-state index is 5.29. The smallest absolute Gasteiger partial charge is 0.0490 e. The minimum atomic E-state index is 0.248. The first-order valence-corrected chi connectivity index (χ1v) is 6.68. The Balaban J connectivity index is 2.40. The van der Waals surface area contributed by atoms with Crippen LogP contribution in [-0.4, -0.2) is 25.8 Å². The van der Waals surface area contributed by atoms with Crippen molar-refractivity contribution in [1.29, 1.82) is 0 Å². The molecule has 0 aromatic heterocycles. The molecule has 2 nitrogen and oxygen atoms in total. The van der Waals surface area contributed by atoms with E-state index in [9.17, 15) is 0 Å². The van der Waals surface area contributed by atoms with Gasteiger partial charge in [0.25, 0.3) is 0 Å². The molecule has 0 amide bonds. The SMILES string of the molecule is COCC(C)C1CCCC1CNC(C)(C)C. The summed E-state index contributed by atoms with van der Waals surface area (Å²) >= 11 is 0. The molecule has 1 fully saturated rings. The maximum Gasteiger partial charge on any atom is 0.0490 e. The summed E-state index contributed by atoms with van der Waals surface area (Å²) in [7, 11) is 1.81. The Morgan fingerprint density at radius 3 is 2.56 bits per heavy atom. The summed E-state index contributed by atoms with van der Waals surface area (Å²) < 4.78 is 5.29. The number of hydrogen-bond donors (Lipinski definition) is 1. The summed E-state index contributed by atoms with van der Waals surface area (Å²) in [5.41, 5.74) is 0.248. The average Bonchev–Trinajstić information content (AvgIpc) is 2.61. The summed E-state index contributed by atoms with van der Waals surface area (Å²) in [6, 6.07) is 0. The van der Waals surface area contributed by atoms with E-state index in [2.05, 4.69) is 33.0 Å². The third-order valence-electron chi connectivity index (χ3n) is 3.77. The van der Waals surface area contributed by atoms with Crippen LogP contribution < -0.4 is 5.32 Å². The molecular weight excluding hydrogens is 198 g/mol. The van der Waals surface area contributed by atoms with E-state index in [1.165, 1.54) is 25.8 Å². The Hall–Kier alpha value is -0.0800. The highest BCUT2D eigenvalue weighted by molar-refractivity contribution is 4.84. The normalized spacial score (nSPS) is 28.3. The molecule has 0 radical (unpaired) electrons. The molecule has 1 aliphatic rings. The zero-order valence-corrected chi connectivity index (χ0v) is 11.7. The first-order chi connectivity index (χ1) is 7.44. The standard InChI is InChI=1S/C14H29NO/c1-11(10-16-5)13-8-6-7-12(13)9-15-14(2,3)4/h11-13,15H,6-10H2,1-5H3. The van der Waals surface area contributed by atoms with Crippen molar-refractivity contribution in [3.8, 4) is 0 Å². The van der Waals surface area contributed by atoms with Crippen LogP contribution in [0.25, 0.3) is 0 Å². The van der Waals surface area contributed by atoms with Crippen molar-refractivity contribution in [3.05, 3.63) is 0 Å². The largest absolute Gasteiger partial charge is 0.384 e. The van der Waals surface area contributed by atoms with Gasteiger partial charge in [-0.15, -0.1) is 0 Å². The first-order valence-electron chi connectivity index (χ1n) is 6.68. The monoisotopic (exact) mass is 227 g/mol. The quantitative estimate of drug-likeness (QED) is 0.779. The van der Waals surface area contributed by atoms with Gasteiger partial charge >= 0.3 is 0 Å². The highest BCUT2D eigenvalue weighted by Gasteiger charge is 2.31. The third kappa shape index (κ3) is 4.42. The van der Waals surface area contributed by atoms with Gasteiger partial charge in [-0.3, -0.25) is 0 Å². The van der Waals surface area contributed by atoms with Gasteiger partial charge in [-0.05, 0) is 57.9 Å². The minimum Gasteiger partial charge on any atom is -0.384 e. The van der Waals surface area contributed by atoms with Crippen LogP contribution in [0.15, 0.2) is 0 Å². The predicted molar refractivity (Wildman–Crippen MR) is 69.6 cm³/mol. The van der Waals surface area contributed by atoms with Crippen LogP contribution in [0.5, 0.6) is 0 Å². The summed E-state index contributed by atoms with van der Waals surface area (Å²) in [6.45, 7) is 11.2. The molecule has 0 saturated heterocycles. The zero-order valence-electron chi connectivity index (χ0n) is 11.7. The van der Waals surface area contributed by atoms with Crippen LogP contribution in [0, 0.1) is 17.8 Å². The fourth-order valence-electron chi connectivity index (χ4n) is 2.89. The third-order valence-corrected chi connectivity index (χ3v) is 3.77. The first kappa shape index (κ1) is 14.0. The van der Waals surface area contributed by atoms with E-state index in [0.717, 1.165) is 18.4 Å². The molecule has 1 N–H and O–H groups in total. The molecule has 3 atom stereocenters. The number of hydrogen-bond acceptors (Lipinski definition) is 2.